The molecule has 0 unspecified atom stereocenters. The summed E-state index contributed by atoms with van der Waals surface area (Å²) in [5.41, 5.74) is 3.05. The molecule has 2 N–H and O–H groups in total. The Morgan fingerprint density at radius 1 is 1.44 bits per heavy atom. The number of hydrogen-bond donors (Lipinski definition) is 2. The van der Waals surface area contributed by atoms with Gasteiger partial charge in [-0.1, -0.05) is 23.0 Å². The lowest BCUT2D eigenvalue weighted by Crippen LogP contribution is -2.13. The average molecular weight is 276 g/mol. The van der Waals surface area contributed by atoms with Crippen LogP contribution in [-0.4, -0.2) is 21.8 Å². The molecule has 1 aliphatic heterocycles. The molecule has 0 spiro atoms. The van der Waals surface area contributed by atoms with Crippen LogP contribution in [-0.2, 0) is 4.79 Å². The monoisotopic (exact) mass is 276 g/mol. The van der Waals surface area contributed by atoms with Crippen LogP contribution >= 0.6 is 23.6 Å². The Kier molecular flexibility index (Phi) is 2.57. The van der Waals surface area contributed by atoms with Gasteiger partial charge in [0.1, 0.15) is 5.71 Å². The molecule has 0 aliphatic carbocycles. The number of carbonyl (C=O) groups excluding carboxylic acids is 1. The van der Waals surface area contributed by atoms with Gasteiger partial charge in [0.25, 0.3) is 5.91 Å². The molecule has 3 rings (SSSR count). The Hall–Kier alpha value is -1.86. The minimum Gasteiger partial charge on any atom is -0.320 e. The van der Waals surface area contributed by atoms with Crippen molar-refractivity contribution >= 4 is 46.0 Å². The largest absolute Gasteiger partial charge is 0.320 e. The summed E-state index contributed by atoms with van der Waals surface area (Å²) in [7, 11) is 0. The van der Waals surface area contributed by atoms with E-state index in [1.165, 1.54) is 11.3 Å². The van der Waals surface area contributed by atoms with Crippen molar-refractivity contribution in [2.45, 2.75) is 6.92 Å². The molecular formula is C11H8N4OS2. The van der Waals surface area contributed by atoms with Gasteiger partial charge in [0.2, 0.25) is 5.13 Å². The van der Waals surface area contributed by atoms with Crippen molar-refractivity contribution in [3.05, 3.63) is 33.3 Å². The second-order valence-electron chi connectivity index (χ2n) is 3.86. The van der Waals surface area contributed by atoms with Crippen molar-refractivity contribution in [3.8, 4) is 0 Å². The molecule has 0 saturated carbocycles. The van der Waals surface area contributed by atoms with E-state index in [4.69, 9.17) is 12.2 Å². The molecule has 1 aromatic heterocycles. The number of hydrogen-bond acceptors (Lipinski definition) is 5. The zero-order valence-corrected chi connectivity index (χ0v) is 11.0. The van der Waals surface area contributed by atoms with E-state index in [9.17, 15) is 4.79 Å². The Labute approximate surface area is 112 Å². The molecule has 0 fully saturated rings. The fourth-order valence-electron chi connectivity index (χ4n) is 1.74. The van der Waals surface area contributed by atoms with Crippen LogP contribution in [0.1, 0.15) is 11.1 Å². The highest BCUT2D eigenvalue weighted by atomic mass is 32.1. The van der Waals surface area contributed by atoms with Crippen LogP contribution in [0.25, 0.3) is 0 Å². The zero-order chi connectivity index (χ0) is 12.7. The second-order valence-corrected chi connectivity index (χ2v) is 5.50. The summed E-state index contributed by atoms with van der Waals surface area (Å²) in [5, 5.41) is 9.80. The minimum absolute atomic E-state index is 0.211. The van der Waals surface area contributed by atoms with Crippen LogP contribution in [0.15, 0.2) is 23.2 Å². The molecule has 0 saturated heterocycles. The number of H-pyrrole nitrogens is 1. The Morgan fingerprint density at radius 2 is 2.28 bits per heavy atom. The van der Waals surface area contributed by atoms with Gasteiger partial charge in [-0.3, -0.25) is 9.89 Å². The quantitative estimate of drug-likeness (QED) is 0.786. The van der Waals surface area contributed by atoms with E-state index in [-0.39, 0.29) is 5.91 Å². The maximum atomic E-state index is 11.9. The molecule has 0 atom stereocenters. The highest BCUT2D eigenvalue weighted by Crippen LogP contribution is 2.27. The van der Waals surface area contributed by atoms with Crippen molar-refractivity contribution in [3.63, 3.8) is 0 Å². The first-order valence-corrected chi connectivity index (χ1v) is 6.42. The lowest BCUT2D eigenvalue weighted by Gasteiger charge is -1.98. The number of amides is 1. The third kappa shape index (κ3) is 1.87. The minimum atomic E-state index is -0.211. The van der Waals surface area contributed by atoms with Gasteiger partial charge in [-0.2, -0.15) is 0 Å². The van der Waals surface area contributed by atoms with Crippen LogP contribution in [0, 0.1) is 10.9 Å². The predicted molar refractivity (Wildman–Crippen MR) is 73.3 cm³/mol. The Balaban J connectivity index is 2.14. The number of aromatic amines is 1. The predicted octanol–water partition coefficient (Wildman–Crippen LogP) is 2.58. The third-order valence-corrected chi connectivity index (χ3v) is 3.51. The van der Waals surface area contributed by atoms with Gasteiger partial charge in [0.15, 0.2) is 3.95 Å². The molecular weight excluding hydrogens is 268 g/mol. The van der Waals surface area contributed by atoms with Gasteiger partial charge >= 0.3 is 0 Å². The summed E-state index contributed by atoms with van der Waals surface area (Å²) in [4.78, 5) is 16.1. The van der Waals surface area contributed by atoms with Crippen molar-refractivity contribution < 1.29 is 4.79 Å². The van der Waals surface area contributed by atoms with Crippen LogP contribution in [0.5, 0.6) is 0 Å². The number of aryl methyl sites for hydroxylation is 1. The summed E-state index contributed by atoms with van der Waals surface area (Å²) in [6, 6.07) is 5.75. The van der Waals surface area contributed by atoms with Gasteiger partial charge in [-0.25, -0.2) is 4.99 Å². The molecule has 18 heavy (non-hydrogen) atoms. The second kappa shape index (κ2) is 4.11. The van der Waals surface area contributed by atoms with Crippen LogP contribution < -0.4 is 5.32 Å². The standard InChI is InChI=1S/C11H8N4OS2/c1-5-2-3-7-6(4-5)8(9(16)12-7)13-10-14-15-11(17)18-10/h2-4H,1H3,(H,15,17)(H,12,13,14,16). The molecule has 5 nitrogen and oxygen atoms in total. The van der Waals surface area contributed by atoms with Crippen molar-refractivity contribution in [2.24, 2.45) is 4.99 Å². The maximum absolute atomic E-state index is 11.9. The number of rotatable bonds is 1. The van der Waals surface area contributed by atoms with Crippen molar-refractivity contribution in [2.75, 3.05) is 5.32 Å². The topological polar surface area (TPSA) is 70.1 Å². The Bertz CT molecular complexity index is 729. The number of fused-ring (bicyclic) bond motifs is 1. The lowest BCUT2D eigenvalue weighted by atomic mass is 10.1. The van der Waals surface area contributed by atoms with E-state index in [0.717, 1.165) is 16.8 Å². The van der Waals surface area contributed by atoms with Gasteiger partial charge in [0, 0.05) is 5.56 Å². The van der Waals surface area contributed by atoms with Crippen LogP contribution in [0.3, 0.4) is 0 Å². The van der Waals surface area contributed by atoms with E-state index in [2.05, 4.69) is 20.5 Å². The Morgan fingerprint density at radius 3 is 3.00 bits per heavy atom. The first-order valence-electron chi connectivity index (χ1n) is 5.20. The summed E-state index contributed by atoms with van der Waals surface area (Å²) < 4.78 is 0.539. The molecule has 2 heterocycles. The SMILES string of the molecule is Cc1ccc2c(c1)/C(=N/c1n[nH]c(=S)s1)C(=O)N2. The highest BCUT2D eigenvalue weighted by molar-refractivity contribution is 7.73. The fourth-order valence-corrected chi connectivity index (χ4v) is 2.50. The number of nitrogens with zero attached hydrogens (tertiary/aromatic N) is 2. The number of aromatic nitrogens is 2. The van der Waals surface area contributed by atoms with Gasteiger partial charge in [-0.05, 0) is 31.3 Å². The summed E-state index contributed by atoms with van der Waals surface area (Å²) in [6.45, 7) is 1.97. The van der Waals surface area contributed by atoms with Crippen LogP contribution in [0.2, 0.25) is 0 Å². The first kappa shape index (κ1) is 11.2. The fraction of sp³-hybridized carbons (Fsp3) is 0.0909. The summed E-state index contributed by atoms with van der Waals surface area (Å²) in [6.07, 6.45) is 0. The van der Waals surface area contributed by atoms with Crippen molar-refractivity contribution in [1.82, 2.24) is 10.2 Å². The lowest BCUT2D eigenvalue weighted by molar-refractivity contribution is -0.110. The zero-order valence-electron chi connectivity index (χ0n) is 9.35. The molecule has 1 aliphatic rings. The number of nitrogens with one attached hydrogen (secondary N) is 2. The van der Waals surface area contributed by atoms with Gasteiger partial charge in [0.05, 0.1) is 5.69 Å². The first-order chi connectivity index (χ1) is 8.63. The highest BCUT2D eigenvalue weighted by Gasteiger charge is 2.26. The molecule has 1 aromatic carbocycles. The van der Waals surface area contributed by atoms with Gasteiger partial charge < -0.3 is 5.32 Å². The van der Waals surface area contributed by atoms with E-state index in [1.54, 1.807) is 0 Å². The molecule has 2 aromatic rings. The number of aliphatic imine (C=N–C) groups is 1. The van der Waals surface area contributed by atoms with Crippen molar-refractivity contribution in [1.29, 1.82) is 0 Å². The van der Waals surface area contributed by atoms with Crippen LogP contribution in [0.4, 0.5) is 10.8 Å². The summed E-state index contributed by atoms with van der Waals surface area (Å²) >= 11 is 6.17. The van der Waals surface area contributed by atoms with E-state index in [0.29, 0.717) is 14.8 Å². The third-order valence-electron chi connectivity index (χ3n) is 2.53. The summed E-state index contributed by atoms with van der Waals surface area (Å²) in [5.74, 6) is -0.211. The van der Waals surface area contributed by atoms with E-state index >= 15 is 0 Å². The number of carbonyl (C=O) groups is 1. The average Bonchev–Trinajstić information content (AvgIpc) is 2.86. The smallest absolute Gasteiger partial charge is 0.275 e. The molecule has 1 amide bonds. The molecule has 0 bridgehead atoms. The normalized spacial score (nSPS) is 15.8. The molecule has 7 heteroatoms. The van der Waals surface area contributed by atoms with Gasteiger partial charge in [-0.15, -0.1) is 5.10 Å². The maximum Gasteiger partial charge on any atom is 0.275 e. The molecule has 90 valence electrons. The van der Waals surface area contributed by atoms with E-state index < -0.39 is 0 Å². The number of anilines is 1. The van der Waals surface area contributed by atoms with E-state index in [1.807, 2.05) is 25.1 Å². The number of benzene rings is 1. The molecule has 0 radical (unpaired) electrons.